The molecule has 6 heteroatoms. The normalized spacial score (nSPS) is 13.8. The first kappa shape index (κ1) is 22.9. The lowest BCUT2D eigenvalue weighted by Crippen LogP contribution is -2.44. The van der Waals surface area contributed by atoms with E-state index in [4.69, 9.17) is 8.83 Å². The zero-order valence-electron chi connectivity index (χ0n) is 19.2. The fraction of sp³-hybridized carbons (Fsp3) is 0.407. The van der Waals surface area contributed by atoms with E-state index in [1.54, 1.807) is 22.1 Å². The van der Waals surface area contributed by atoms with Crippen LogP contribution in [-0.2, 0) is 29.1 Å². The average molecular weight is 449 g/mol. The van der Waals surface area contributed by atoms with Crippen LogP contribution in [0.1, 0.15) is 48.5 Å². The average Bonchev–Trinajstić information content (AvgIpc) is 3.60. The topological polar surface area (TPSA) is 66.9 Å². The van der Waals surface area contributed by atoms with Crippen molar-refractivity contribution in [1.29, 1.82) is 0 Å². The minimum atomic E-state index is -0.0853. The lowest BCUT2D eigenvalue weighted by atomic mass is 10.1. The zero-order chi connectivity index (χ0) is 23.0. The molecule has 1 aromatic carbocycles. The van der Waals surface area contributed by atoms with Crippen molar-refractivity contribution in [1.82, 2.24) is 9.80 Å². The second-order valence-electron chi connectivity index (χ2n) is 8.82. The molecule has 0 aliphatic heterocycles. The first-order chi connectivity index (χ1) is 16.1. The number of carbonyl (C=O) groups is 2. The van der Waals surface area contributed by atoms with Gasteiger partial charge in [-0.15, -0.1) is 0 Å². The Hall–Kier alpha value is -3.28. The monoisotopic (exact) mass is 448 g/mol. The number of hydrogen-bond donors (Lipinski definition) is 0. The predicted octanol–water partition coefficient (Wildman–Crippen LogP) is 4.97. The molecular formula is C27H32N2O4. The molecule has 0 bridgehead atoms. The van der Waals surface area contributed by atoms with Gasteiger partial charge in [0.25, 0.3) is 0 Å². The van der Waals surface area contributed by atoms with Gasteiger partial charge in [0.2, 0.25) is 11.8 Å². The molecule has 3 aromatic rings. The molecule has 0 spiro atoms. The van der Waals surface area contributed by atoms with E-state index in [0.29, 0.717) is 25.4 Å². The highest BCUT2D eigenvalue weighted by atomic mass is 16.3. The molecule has 0 atom stereocenters. The molecule has 2 aromatic heterocycles. The molecule has 0 N–H and O–H groups in total. The van der Waals surface area contributed by atoms with Crippen LogP contribution in [0.2, 0.25) is 0 Å². The lowest BCUT2D eigenvalue weighted by Gasteiger charge is -2.28. The second-order valence-corrected chi connectivity index (χ2v) is 8.82. The van der Waals surface area contributed by atoms with Gasteiger partial charge >= 0.3 is 0 Å². The molecule has 0 radical (unpaired) electrons. The third kappa shape index (κ3) is 6.37. The Balaban J connectivity index is 1.49. The standard InChI is InChI=1S/C27H32N2O4/c1-21-13-14-25(33-21)19-28(16-15-22-8-3-2-4-9-22)26(30)20-29(18-24-12-7-17-32-24)27(31)23-10-5-6-11-23/h2-4,7-9,12-14,17,23H,5-6,10-11,15-16,18-20H2,1H3. The highest BCUT2D eigenvalue weighted by Crippen LogP contribution is 2.27. The number of furan rings is 2. The van der Waals surface area contributed by atoms with Gasteiger partial charge in [0.1, 0.15) is 23.8 Å². The van der Waals surface area contributed by atoms with E-state index in [0.717, 1.165) is 43.6 Å². The maximum atomic E-state index is 13.5. The van der Waals surface area contributed by atoms with Crippen LogP contribution in [0.15, 0.2) is 69.7 Å². The Labute approximate surface area is 195 Å². The molecule has 2 amide bonds. The van der Waals surface area contributed by atoms with Crippen molar-refractivity contribution in [2.75, 3.05) is 13.1 Å². The van der Waals surface area contributed by atoms with E-state index >= 15 is 0 Å². The molecule has 1 fully saturated rings. The van der Waals surface area contributed by atoms with Crippen LogP contribution in [0.3, 0.4) is 0 Å². The number of aryl methyl sites for hydroxylation is 1. The van der Waals surface area contributed by atoms with Crippen molar-refractivity contribution in [3.63, 3.8) is 0 Å². The molecule has 6 nitrogen and oxygen atoms in total. The van der Waals surface area contributed by atoms with E-state index in [1.165, 1.54) is 5.56 Å². The van der Waals surface area contributed by atoms with Gasteiger partial charge < -0.3 is 18.6 Å². The largest absolute Gasteiger partial charge is 0.467 e. The van der Waals surface area contributed by atoms with Gasteiger partial charge in [0.05, 0.1) is 19.4 Å². The summed E-state index contributed by atoms with van der Waals surface area (Å²) in [5.41, 5.74) is 1.17. The zero-order valence-corrected chi connectivity index (χ0v) is 19.2. The Morgan fingerprint density at radius 1 is 0.909 bits per heavy atom. The van der Waals surface area contributed by atoms with Crippen molar-refractivity contribution in [2.24, 2.45) is 5.92 Å². The number of carbonyl (C=O) groups excluding carboxylic acids is 2. The summed E-state index contributed by atoms with van der Waals surface area (Å²) in [6, 6.07) is 17.6. The maximum absolute atomic E-state index is 13.5. The van der Waals surface area contributed by atoms with Crippen molar-refractivity contribution < 1.29 is 18.4 Å². The number of benzene rings is 1. The molecule has 33 heavy (non-hydrogen) atoms. The van der Waals surface area contributed by atoms with E-state index < -0.39 is 0 Å². The number of rotatable bonds is 10. The fourth-order valence-electron chi connectivity index (χ4n) is 4.46. The van der Waals surface area contributed by atoms with Crippen LogP contribution >= 0.6 is 0 Å². The Morgan fingerprint density at radius 3 is 2.33 bits per heavy atom. The summed E-state index contributed by atoms with van der Waals surface area (Å²) in [6.07, 6.45) is 6.26. The van der Waals surface area contributed by atoms with Gasteiger partial charge in [-0.05, 0) is 56.0 Å². The molecule has 0 unspecified atom stereocenters. The first-order valence-electron chi connectivity index (χ1n) is 11.8. The van der Waals surface area contributed by atoms with Crippen LogP contribution in [-0.4, -0.2) is 34.7 Å². The molecule has 1 saturated carbocycles. The van der Waals surface area contributed by atoms with E-state index in [2.05, 4.69) is 12.1 Å². The van der Waals surface area contributed by atoms with Crippen molar-refractivity contribution in [3.8, 4) is 0 Å². The van der Waals surface area contributed by atoms with Crippen molar-refractivity contribution in [2.45, 2.75) is 52.1 Å². The quantitative estimate of drug-likeness (QED) is 0.439. The molecule has 1 aliphatic carbocycles. The van der Waals surface area contributed by atoms with Crippen LogP contribution in [0, 0.1) is 12.8 Å². The minimum absolute atomic E-state index is 0.00162. The fourth-order valence-corrected chi connectivity index (χ4v) is 4.46. The van der Waals surface area contributed by atoms with Crippen LogP contribution < -0.4 is 0 Å². The molecule has 4 rings (SSSR count). The van der Waals surface area contributed by atoms with E-state index in [-0.39, 0.29) is 24.3 Å². The van der Waals surface area contributed by atoms with Crippen molar-refractivity contribution in [3.05, 3.63) is 83.7 Å². The van der Waals surface area contributed by atoms with Crippen LogP contribution in [0.5, 0.6) is 0 Å². The Morgan fingerprint density at radius 2 is 1.67 bits per heavy atom. The summed E-state index contributed by atoms with van der Waals surface area (Å²) in [6.45, 7) is 3.16. The minimum Gasteiger partial charge on any atom is -0.467 e. The summed E-state index contributed by atoms with van der Waals surface area (Å²) < 4.78 is 11.2. The third-order valence-electron chi connectivity index (χ3n) is 6.28. The van der Waals surface area contributed by atoms with Crippen molar-refractivity contribution >= 4 is 11.8 Å². The third-order valence-corrected chi connectivity index (χ3v) is 6.28. The summed E-state index contributed by atoms with van der Waals surface area (Å²) in [7, 11) is 0. The van der Waals surface area contributed by atoms with Gasteiger partial charge in [0.15, 0.2) is 0 Å². The molecular weight excluding hydrogens is 416 g/mol. The van der Waals surface area contributed by atoms with Gasteiger partial charge in [-0.3, -0.25) is 9.59 Å². The summed E-state index contributed by atoms with van der Waals surface area (Å²) in [5, 5.41) is 0. The summed E-state index contributed by atoms with van der Waals surface area (Å²) >= 11 is 0. The maximum Gasteiger partial charge on any atom is 0.242 e. The Kier molecular flexibility index (Phi) is 7.66. The molecule has 0 saturated heterocycles. The van der Waals surface area contributed by atoms with E-state index in [1.807, 2.05) is 43.3 Å². The predicted molar refractivity (Wildman–Crippen MR) is 125 cm³/mol. The SMILES string of the molecule is Cc1ccc(CN(CCc2ccccc2)C(=O)CN(Cc2ccco2)C(=O)C2CCCC2)o1. The first-order valence-corrected chi connectivity index (χ1v) is 11.8. The number of hydrogen-bond acceptors (Lipinski definition) is 4. The van der Waals surface area contributed by atoms with Crippen LogP contribution in [0.4, 0.5) is 0 Å². The van der Waals surface area contributed by atoms with Gasteiger partial charge in [0, 0.05) is 12.5 Å². The molecule has 1 aliphatic rings. The van der Waals surface area contributed by atoms with Gasteiger partial charge in [-0.25, -0.2) is 0 Å². The smallest absolute Gasteiger partial charge is 0.242 e. The Bertz CT molecular complexity index is 1020. The summed E-state index contributed by atoms with van der Waals surface area (Å²) in [5.74, 6) is 2.21. The highest BCUT2D eigenvalue weighted by molar-refractivity contribution is 5.86. The highest BCUT2D eigenvalue weighted by Gasteiger charge is 2.30. The van der Waals surface area contributed by atoms with Gasteiger partial charge in [-0.2, -0.15) is 0 Å². The molecule has 2 heterocycles. The lowest BCUT2D eigenvalue weighted by molar-refractivity contribution is -0.144. The van der Waals surface area contributed by atoms with E-state index in [9.17, 15) is 9.59 Å². The van der Waals surface area contributed by atoms with Gasteiger partial charge in [-0.1, -0.05) is 43.2 Å². The summed E-state index contributed by atoms with van der Waals surface area (Å²) in [4.78, 5) is 30.2. The van der Waals surface area contributed by atoms with Crippen LogP contribution in [0.25, 0.3) is 0 Å². The number of amides is 2. The second kappa shape index (κ2) is 11.0. The number of nitrogens with zero attached hydrogens (tertiary/aromatic N) is 2. The molecule has 174 valence electrons.